The molecule has 7 nitrogen and oxygen atoms in total. The highest BCUT2D eigenvalue weighted by Crippen LogP contribution is 2.37. The number of nitrogens with zero attached hydrogens (tertiary/aromatic N) is 2. The van der Waals surface area contributed by atoms with Gasteiger partial charge >= 0.3 is 0 Å². The van der Waals surface area contributed by atoms with Crippen molar-refractivity contribution in [2.45, 2.75) is 13.0 Å². The molecule has 182 valence electrons. The van der Waals surface area contributed by atoms with Gasteiger partial charge in [0.2, 0.25) is 0 Å². The first-order valence-electron chi connectivity index (χ1n) is 11.1. The molecule has 0 aliphatic carbocycles. The number of nitrogens with one attached hydrogen (secondary N) is 1. The van der Waals surface area contributed by atoms with Crippen molar-refractivity contribution in [1.82, 2.24) is 4.57 Å². The van der Waals surface area contributed by atoms with Gasteiger partial charge in [-0.2, -0.15) is 0 Å². The Morgan fingerprint density at radius 2 is 1.89 bits per heavy atom. The van der Waals surface area contributed by atoms with Gasteiger partial charge in [-0.15, -0.1) is 11.3 Å². The second kappa shape index (κ2) is 9.96. The van der Waals surface area contributed by atoms with Crippen molar-refractivity contribution in [3.05, 3.63) is 107 Å². The lowest BCUT2D eigenvalue weighted by molar-refractivity contribution is -0.113. The summed E-state index contributed by atoms with van der Waals surface area (Å²) in [4.78, 5) is 33.6. The van der Waals surface area contributed by atoms with Gasteiger partial charge in [-0.1, -0.05) is 35.6 Å². The molecule has 1 amide bonds. The molecule has 1 aliphatic heterocycles. The highest BCUT2D eigenvalue weighted by atomic mass is 32.1. The molecular formula is C27H23N3O4S2. The molecule has 2 aromatic carbocycles. The van der Waals surface area contributed by atoms with Crippen LogP contribution in [-0.2, 0) is 4.79 Å². The summed E-state index contributed by atoms with van der Waals surface area (Å²) in [6.45, 7) is 1.79. The average Bonchev–Trinajstić information content (AvgIpc) is 3.51. The molecular weight excluding hydrogens is 494 g/mol. The predicted molar refractivity (Wildman–Crippen MR) is 143 cm³/mol. The van der Waals surface area contributed by atoms with Crippen molar-refractivity contribution < 1.29 is 14.3 Å². The van der Waals surface area contributed by atoms with Crippen LogP contribution in [0.3, 0.4) is 0 Å². The third kappa shape index (κ3) is 4.38. The Hall–Kier alpha value is -3.95. The van der Waals surface area contributed by atoms with E-state index in [1.807, 2.05) is 60.0 Å². The van der Waals surface area contributed by atoms with Crippen molar-refractivity contribution in [2.75, 3.05) is 19.5 Å². The van der Waals surface area contributed by atoms with Crippen LogP contribution in [0.4, 0.5) is 5.69 Å². The zero-order valence-electron chi connectivity index (χ0n) is 19.8. The SMILES string of the molecule is COc1ccc([C@@H]2C(C(=O)Nc3ccccc3)=C(C)N=c3s/c(=C\c4cccs4)c(=O)n32)c(OC)c1. The number of rotatable bonds is 6. The largest absolute Gasteiger partial charge is 0.497 e. The van der Waals surface area contributed by atoms with Crippen LogP contribution < -0.4 is 29.7 Å². The zero-order chi connectivity index (χ0) is 25.2. The third-order valence-electron chi connectivity index (χ3n) is 5.85. The number of benzene rings is 2. The fourth-order valence-electron chi connectivity index (χ4n) is 4.17. The van der Waals surface area contributed by atoms with Gasteiger partial charge in [0.05, 0.1) is 30.0 Å². The molecule has 1 aliphatic rings. The number of hydrogen-bond donors (Lipinski definition) is 1. The van der Waals surface area contributed by atoms with Crippen molar-refractivity contribution in [3.8, 4) is 11.5 Å². The lowest BCUT2D eigenvalue weighted by Gasteiger charge is -2.26. The number of allylic oxidation sites excluding steroid dienone is 1. The number of fused-ring (bicyclic) bond motifs is 1. The molecule has 0 bridgehead atoms. The van der Waals surface area contributed by atoms with Crippen molar-refractivity contribution >= 4 is 40.3 Å². The number of anilines is 1. The van der Waals surface area contributed by atoms with E-state index < -0.39 is 6.04 Å². The number of amides is 1. The van der Waals surface area contributed by atoms with Crippen LogP contribution in [-0.4, -0.2) is 24.7 Å². The van der Waals surface area contributed by atoms with Gasteiger partial charge in [0.15, 0.2) is 4.80 Å². The minimum absolute atomic E-state index is 0.215. The summed E-state index contributed by atoms with van der Waals surface area (Å²) in [5.41, 5.74) is 2.01. The Bertz CT molecular complexity index is 1630. The molecule has 1 atom stereocenters. The average molecular weight is 518 g/mol. The normalized spacial score (nSPS) is 15.3. The number of hydrogen-bond acceptors (Lipinski definition) is 7. The first kappa shape index (κ1) is 23.8. The van der Waals surface area contributed by atoms with Crippen molar-refractivity contribution in [1.29, 1.82) is 0 Å². The maximum absolute atomic E-state index is 13.7. The third-order valence-corrected chi connectivity index (χ3v) is 7.65. The number of thiophene rings is 1. The fraction of sp³-hybridized carbons (Fsp3) is 0.148. The topological polar surface area (TPSA) is 81.9 Å². The zero-order valence-corrected chi connectivity index (χ0v) is 21.5. The maximum atomic E-state index is 13.7. The van der Waals surface area contributed by atoms with Gasteiger partial charge in [0.1, 0.15) is 17.5 Å². The van der Waals surface area contributed by atoms with E-state index >= 15 is 0 Å². The minimum Gasteiger partial charge on any atom is -0.497 e. The quantitative estimate of drug-likeness (QED) is 0.420. The lowest BCUT2D eigenvalue weighted by Crippen LogP contribution is -2.40. The van der Waals surface area contributed by atoms with Gasteiger partial charge in [0, 0.05) is 22.2 Å². The summed E-state index contributed by atoms with van der Waals surface area (Å²) in [6.07, 6.45) is 1.86. The number of carbonyl (C=O) groups excluding carboxylic acids is 1. The number of aromatic nitrogens is 1. The monoisotopic (exact) mass is 517 g/mol. The molecule has 5 rings (SSSR count). The summed E-state index contributed by atoms with van der Waals surface area (Å²) < 4.78 is 13.2. The highest BCUT2D eigenvalue weighted by Gasteiger charge is 2.34. The van der Waals surface area contributed by atoms with E-state index in [0.717, 1.165) is 4.88 Å². The highest BCUT2D eigenvalue weighted by molar-refractivity contribution is 7.11. The van der Waals surface area contributed by atoms with Crippen molar-refractivity contribution in [2.24, 2.45) is 4.99 Å². The van der Waals surface area contributed by atoms with Crippen LogP contribution in [0.25, 0.3) is 6.08 Å². The molecule has 0 saturated heterocycles. The van der Waals surface area contributed by atoms with Crippen LogP contribution in [0, 0.1) is 0 Å². The molecule has 0 spiro atoms. The minimum atomic E-state index is -0.740. The smallest absolute Gasteiger partial charge is 0.271 e. The van der Waals surface area contributed by atoms with E-state index in [-0.39, 0.29) is 11.5 Å². The standard InChI is InChI=1S/C27H23N3O4S2/c1-16-23(25(31)29-17-8-5-4-6-9-17)24(20-12-11-18(33-2)14-21(20)34-3)30-26(32)22(36-27(30)28-16)15-19-10-7-13-35-19/h4-15,24H,1-3H3,(H,29,31)/b22-15-/t24-/m1/s1. The molecule has 0 unspecified atom stereocenters. The molecule has 36 heavy (non-hydrogen) atoms. The Labute approximate surface area is 215 Å². The van der Waals surface area contributed by atoms with E-state index in [1.54, 1.807) is 49.2 Å². The Kier molecular flexibility index (Phi) is 6.58. The van der Waals surface area contributed by atoms with Gasteiger partial charge in [-0.25, -0.2) is 4.99 Å². The second-order valence-corrected chi connectivity index (χ2v) is 10.0. The van der Waals surface area contributed by atoms with E-state index in [4.69, 9.17) is 9.47 Å². The summed E-state index contributed by atoms with van der Waals surface area (Å²) in [5, 5.41) is 4.92. The van der Waals surface area contributed by atoms with E-state index in [1.165, 1.54) is 11.3 Å². The second-order valence-electron chi connectivity index (χ2n) is 8.03. The first-order valence-corrected chi connectivity index (χ1v) is 12.8. The van der Waals surface area contributed by atoms with Crippen LogP contribution in [0.2, 0.25) is 0 Å². The number of para-hydroxylation sites is 1. The van der Waals surface area contributed by atoms with E-state index in [9.17, 15) is 9.59 Å². The van der Waals surface area contributed by atoms with Gasteiger partial charge in [-0.3, -0.25) is 14.2 Å². The van der Waals surface area contributed by atoms with E-state index in [0.29, 0.717) is 43.4 Å². The summed E-state index contributed by atoms with van der Waals surface area (Å²) >= 11 is 2.86. The summed E-state index contributed by atoms with van der Waals surface area (Å²) in [6, 6.07) is 17.7. The first-order chi connectivity index (χ1) is 17.5. The Balaban J connectivity index is 1.73. The number of thiazole rings is 1. The van der Waals surface area contributed by atoms with Gasteiger partial charge < -0.3 is 14.8 Å². The molecule has 4 aromatic rings. The van der Waals surface area contributed by atoms with Gasteiger partial charge in [-0.05, 0) is 48.7 Å². The summed E-state index contributed by atoms with van der Waals surface area (Å²) in [7, 11) is 3.13. The number of carbonyl (C=O) groups is 1. The van der Waals surface area contributed by atoms with Gasteiger partial charge in [0.25, 0.3) is 11.5 Å². The Morgan fingerprint density at radius 3 is 2.58 bits per heavy atom. The number of ether oxygens (including phenoxy) is 2. The van der Waals surface area contributed by atoms with Crippen LogP contribution in [0.1, 0.15) is 23.4 Å². The fourth-order valence-corrected chi connectivity index (χ4v) is 5.94. The maximum Gasteiger partial charge on any atom is 0.271 e. The summed E-state index contributed by atoms with van der Waals surface area (Å²) in [5.74, 6) is 0.779. The van der Waals surface area contributed by atoms with Crippen LogP contribution in [0.15, 0.2) is 87.1 Å². The predicted octanol–water partition coefficient (Wildman–Crippen LogP) is 3.95. The van der Waals surface area contributed by atoms with E-state index in [2.05, 4.69) is 10.3 Å². The van der Waals surface area contributed by atoms with Crippen molar-refractivity contribution in [3.63, 3.8) is 0 Å². The molecule has 0 fully saturated rings. The van der Waals surface area contributed by atoms with Crippen LogP contribution in [0.5, 0.6) is 11.5 Å². The van der Waals surface area contributed by atoms with Crippen LogP contribution >= 0.6 is 22.7 Å². The molecule has 3 heterocycles. The Morgan fingerprint density at radius 1 is 1.08 bits per heavy atom. The molecule has 1 N–H and O–H groups in total. The molecule has 9 heteroatoms. The molecule has 2 aromatic heterocycles. The molecule has 0 saturated carbocycles. The lowest BCUT2D eigenvalue weighted by atomic mass is 9.94. The molecule has 0 radical (unpaired) electrons. The number of methoxy groups -OCH3 is 2.